The van der Waals surface area contributed by atoms with Crippen molar-refractivity contribution in [2.24, 2.45) is 16.1 Å². The number of carbonyl (C=O) groups is 1. The molecule has 34 heavy (non-hydrogen) atoms. The van der Waals surface area contributed by atoms with Crippen LogP contribution >= 0.6 is 11.8 Å². The average Bonchev–Trinajstić information content (AvgIpc) is 2.84. The number of unbranched alkanes of at least 4 members (excludes halogenated alkanes) is 3. The first-order valence-electron chi connectivity index (χ1n) is 11.6. The second kappa shape index (κ2) is 14.7. The molecule has 0 saturated carbocycles. The van der Waals surface area contributed by atoms with Crippen LogP contribution in [0.3, 0.4) is 0 Å². The predicted molar refractivity (Wildman–Crippen MR) is 139 cm³/mol. The SMILES string of the molecule is C=CC(=O)OCCCCCCSc1ccc(N=Nc2ccc(S(=O)(=O)CC(C)CC)cc2)cc1. The molecule has 0 saturated heterocycles. The van der Waals surface area contributed by atoms with Crippen LogP contribution < -0.4 is 0 Å². The summed E-state index contributed by atoms with van der Waals surface area (Å²) in [7, 11) is -3.28. The van der Waals surface area contributed by atoms with E-state index < -0.39 is 9.84 Å². The molecule has 1 unspecified atom stereocenters. The fraction of sp³-hybridized carbons (Fsp3) is 0.423. The molecule has 0 radical (unpaired) electrons. The smallest absolute Gasteiger partial charge is 0.330 e. The number of nitrogens with zero attached hydrogens (tertiary/aromatic N) is 2. The maximum atomic E-state index is 12.4. The van der Waals surface area contributed by atoms with E-state index in [-0.39, 0.29) is 17.6 Å². The quantitative estimate of drug-likeness (QED) is 0.0838. The van der Waals surface area contributed by atoms with Gasteiger partial charge in [-0.25, -0.2) is 13.2 Å². The molecule has 0 amide bonds. The van der Waals surface area contributed by atoms with Crippen LogP contribution in [0.2, 0.25) is 0 Å². The van der Waals surface area contributed by atoms with Crippen LogP contribution in [-0.2, 0) is 19.4 Å². The van der Waals surface area contributed by atoms with Crippen molar-refractivity contribution < 1.29 is 17.9 Å². The molecule has 2 rings (SSSR count). The Morgan fingerprint density at radius 3 is 2.18 bits per heavy atom. The Hall–Kier alpha value is -2.45. The number of azo groups is 1. The number of ether oxygens (including phenoxy) is 1. The van der Waals surface area contributed by atoms with E-state index >= 15 is 0 Å². The molecule has 8 heteroatoms. The normalized spacial score (nSPS) is 12.5. The van der Waals surface area contributed by atoms with Gasteiger partial charge in [-0.05, 0) is 73.0 Å². The van der Waals surface area contributed by atoms with Gasteiger partial charge in [0, 0.05) is 11.0 Å². The van der Waals surface area contributed by atoms with Crippen LogP contribution in [0.1, 0.15) is 46.0 Å². The van der Waals surface area contributed by atoms with Gasteiger partial charge in [0.1, 0.15) is 0 Å². The van der Waals surface area contributed by atoms with Crippen molar-refractivity contribution in [3.05, 3.63) is 61.2 Å². The van der Waals surface area contributed by atoms with Gasteiger partial charge < -0.3 is 4.74 Å². The van der Waals surface area contributed by atoms with Crippen LogP contribution in [-0.4, -0.2) is 32.5 Å². The molecule has 0 aliphatic heterocycles. The van der Waals surface area contributed by atoms with E-state index in [4.69, 9.17) is 4.74 Å². The molecule has 0 N–H and O–H groups in total. The number of esters is 1. The van der Waals surface area contributed by atoms with Gasteiger partial charge in [0.05, 0.1) is 28.6 Å². The van der Waals surface area contributed by atoms with Crippen LogP contribution in [0.4, 0.5) is 11.4 Å². The summed E-state index contributed by atoms with van der Waals surface area (Å²) >= 11 is 1.80. The molecule has 1 atom stereocenters. The van der Waals surface area contributed by atoms with Crippen molar-refractivity contribution in [3.63, 3.8) is 0 Å². The highest BCUT2D eigenvalue weighted by Crippen LogP contribution is 2.25. The summed E-state index contributed by atoms with van der Waals surface area (Å²) in [4.78, 5) is 12.4. The third-order valence-corrected chi connectivity index (χ3v) is 8.33. The maximum absolute atomic E-state index is 12.4. The zero-order valence-electron chi connectivity index (χ0n) is 20.0. The Balaban J connectivity index is 1.74. The van der Waals surface area contributed by atoms with Crippen molar-refractivity contribution in [1.29, 1.82) is 0 Å². The zero-order valence-corrected chi connectivity index (χ0v) is 21.6. The number of hydrogen-bond donors (Lipinski definition) is 0. The van der Waals surface area contributed by atoms with E-state index in [1.807, 2.05) is 38.1 Å². The van der Waals surface area contributed by atoms with Gasteiger partial charge in [0.15, 0.2) is 9.84 Å². The summed E-state index contributed by atoms with van der Waals surface area (Å²) in [5, 5.41) is 8.47. The molecule has 0 aliphatic carbocycles. The predicted octanol–water partition coefficient (Wildman–Crippen LogP) is 7.30. The Morgan fingerprint density at radius 2 is 1.59 bits per heavy atom. The zero-order chi connectivity index (χ0) is 24.8. The Kier molecular flexibility index (Phi) is 12.0. The summed E-state index contributed by atoms with van der Waals surface area (Å²) in [6.45, 7) is 7.76. The van der Waals surface area contributed by atoms with E-state index in [1.165, 1.54) is 11.0 Å². The van der Waals surface area contributed by atoms with Crippen molar-refractivity contribution in [3.8, 4) is 0 Å². The Labute approximate surface area is 207 Å². The fourth-order valence-electron chi connectivity index (χ4n) is 3.01. The summed E-state index contributed by atoms with van der Waals surface area (Å²) in [5.41, 5.74) is 1.35. The van der Waals surface area contributed by atoms with E-state index in [0.717, 1.165) is 43.5 Å². The molecule has 0 aromatic heterocycles. The van der Waals surface area contributed by atoms with Gasteiger partial charge in [0.2, 0.25) is 0 Å². The monoisotopic (exact) mass is 502 g/mol. The lowest BCUT2D eigenvalue weighted by molar-refractivity contribution is -0.137. The van der Waals surface area contributed by atoms with Gasteiger partial charge in [-0.2, -0.15) is 10.2 Å². The molecular formula is C26H34N2O4S2. The van der Waals surface area contributed by atoms with Crippen LogP contribution in [0.15, 0.2) is 81.2 Å². The highest BCUT2D eigenvalue weighted by Gasteiger charge is 2.17. The van der Waals surface area contributed by atoms with Gasteiger partial charge in [0.25, 0.3) is 0 Å². The molecule has 2 aromatic rings. The minimum Gasteiger partial charge on any atom is -0.463 e. The van der Waals surface area contributed by atoms with Crippen LogP contribution in [0.5, 0.6) is 0 Å². The van der Waals surface area contributed by atoms with Crippen molar-refractivity contribution in [1.82, 2.24) is 0 Å². The molecule has 0 aliphatic rings. The van der Waals surface area contributed by atoms with Crippen molar-refractivity contribution in [2.75, 3.05) is 18.1 Å². The molecular weight excluding hydrogens is 468 g/mol. The summed E-state index contributed by atoms with van der Waals surface area (Å²) in [6.07, 6.45) is 6.13. The number of thioether (sulfide) groups is 1. The third kappa shape index (κ3) is 10.2. The first-order valence-corrected chi connectivity index (χ1v) is 14.2. The molecule has 0 fully saturated rings. The number of carbonyl (C=O) groups excluding carboxylic acids is 1. The number of benzene rings is 2. The highest BCUT2D eigenvalue weighted by molar-refractivity contribution is 7.99. The summed E-state index contributed by atoms with van der Waals surface area (Å²) in [5.74, 6) is 0.951. The van der Waals surface area contributed by atoms with Crippen LogP contribution in [0.25, 0.3) is 0 Å². The first kappa shape index (κ1) is 27.8. The standard InChI is InChI=1S/C26H34N2O4S2/c1-4-21(3)20-34(30,31)25-16-12-23(13-17-25)28-27-22-10-14-24(15-11-22)33-19-9-7-6-8-18-32-26(29)5-2/h5,10-17,21H,2,4,6-9,18-20H2,1,3H3. The lowest BCUT2D eigenvalue weighted by Crippen LogP contribution is -2.13. The largest absolute Gasteiger partial charge is 0.463 e. The molecule has 6 nitrogen and oxygen atoms in total. The molecule has 0 heterocycles. The van der Waals surface area contributed by atoms with Gasteiger partial charge in [-0.1, -0.05) is 39.7 Å². The van der Waals surface area contributed by atoms with Gasteiger partial charge in [-0.15, -0.1) is 11.8 Å². The van der Waals surface area contributed by atoms with E-state index in [1.54, 1.807) is 36.0 Å². The average molecular weight is 503 g/mol. The Bertz CT molecular complexity index is 1030. The maximum Gasteiger partial charge on any atom is 0.330 e. The van der Waals surface area contributed by atoms with Gasteiger partial charge in [-0.3, -0.25) is 0 Å². The molecule has 0 bridgehead atoms. The topological polar surface area (TPSA) is 85.2 Å². The Morgan fingerprint density at radius 1 is 1.00 bits per heavy atom. The van der Waals surface area contributed by atoms with Gasteiger partial charge >= 0.3 is 5.97 Å². The number of sulfone groups is 1. The summed E-state index contributed by atoms with van der Waals surface area (Å²) < 4.78 is 29.8. The highest BCUT2D eigenvalue weighted by atomic mass is 32.2. The molecule has 184 valence electrons. The molecule has 0 spiro atoms. The van der Waals surface area contributed by atoms with Crippen molar-refractivity contribution in [2.45, 2.75) is 55.7 Å². The minimum absolute atomic E-state index is 0.131. The lowest BCUT2D eigenvalue weighted by Gasteiger charge is -2.09. The van der Waals surface area contributed by atoms with E-state index in [2.05, 4.69) is 16.8 Å². The van der Waals surface area contributed by atoms with Crippen LogP contribution in [0, 0.1) is 5.92 Å². The van der Waals surface area contributed by atoms with Crippen molar-refractivity contribution >= 4 is 38.9 Å². The lowest BCUT2D eigenvalue weighted by atomic mass is 10.2. The molecule has 2 aromatic carbocycles. The number of hydrogen-bond acceptors (Lipinski definition) is 7. The van der Waals surface area contributed by atoms with E-state index in [0.29, 0.717) is 17.2 Å². The summed E-state index contributed by atoms with van der Waals surface area (Å²) in [6, 6.07) is 14.5. The first-order chi connectivity index (χ1) is 16.3. The second-order valence-corrected chi connectivity index (χ2v) is 11.3. The third-order valence-electron chi connectivity index (χ3n) is 5.23. The minimum atomic E-state index is -3.28. The fourth-order valence-corrected chi connectivity index (χ4v) is 5.65. The number of rotatable bonds is 15. The second-order valence-electron chi connectivity index (χ2n) is 8.12. The van der Waals surface area contributed by atoms with E-state index in [9.17, 15) is 13.2 Å².